The molecule has 0 amide bonds. The van der Waals surface area contributed by atoms with Crippen LogP contribution >= 0.6 is 27.5 Å². The van der Waals surface area contributed by atoms with Crippen LogP contribution in [0.4, 0.5) is 0 Å². The molecule has 17 heavy (non-hydrogen) atoms. The molecule has 2 rings (SSSR count). The molecule has 0 aliphatic heterocycles. The van der Waals surface area contributed by atoms with E-state index in [9.17, 15) is 4.79 Å². The number of hydrogen-bond donors (Lipinski definition) is 0. The van der Waals surface area contributed by atoms with Gasteiger partial charge in [-0.15, -0.1) is 0 Å². The van der Waals surface area contributed by atoms with Crippen molar-refractivity contribution in [2.75, 3.05) is 0 Å². The van der Waals surface area contributed by atoms with Crippen molar-refractivity contribution in [3.8, 4) is 5.69 Å². The predicted molar refractivity (Wildman–Crippen MR) is 72.0 cm³/mol. The lowest BCUT2D eigenvalue weighted by molar-refractivity contribution is 0.788. The first kappa shape index (κ1) is 12.3. The lowest BCUT2D eigenvalue weighted by Crippen LogP contribution is -2.23. The summed E-state index contributed by atoms with van der Waals surface area (Å²) in [5.74, 6) is 0. The molecule has 1 heterocycles. The monoisotopic (exact) mass is 312 g/mol. The third-order valence-corrected chi connectivity index (χ3v) is 3.93. The van der Waals surface area contributed by atoms with Crippen LogP contribution in [0.3, 0.4) is 0 Å². The number of aryl methyl sites for hydroxylation is 1. The fourth-order valence-electron chi connectivity index (χ4n) is 1.51. The van der Waals surface area contributed by atoms with Gasteiger partial charge >= 0.3 is 0 Å². The van der Waals surface area contributed by atoms with Gasteiger partial charge in [0.1, 0.15) is 0 Å². The van der Waals surface area contributed by atoms with E-state index in [0.29, 0.717) is 15.2 Å². The summed E-state index contributed by atoms with van der Waals surface area (Å²) in [5, 5.41) is 4.74. The predicted octanol–water partition coefficient (Wildman–Crippen LogP) is 3.27. The summed E-state index contributed by atoms with van der Waals surface area (Å²) >= 11 is 9.30. The van der Waals surface area contributed by atoms with Gasteiger partial charge in [-0.05, 0) is 53.0 Å². The highest BCUT2D eigenvalue weighted by molar-refractivity contribution is 9.10. The van der Waals surface area contributed by atoms with Crippen molar-refractivity contribution in [1.82, 2.24) is 9.78 Å². The van der Waals surface area contributed by atoms with Gasteiger partial charge in [-0.1, -0.05) is 17.7 Å². The molecule has 0 N–H and O–H groups in total. The van der Waals surface area contributed by atoms with Crippen molar-refractivity contribution >= 4 is 27.5 Å². The summed E-state index contributed by atoms with van der Waals surface area (Å²) in [6.45, 7) is 3.69. The van der Waals surface area contributed by atoms with Gasteiger partial charge in [0.05, 0.1) is 16.4 Å². The van der Waals surface area contributed by atoms with E-state index in [1.807, 2.05) is 19.9 Å². The van der Waals surface area contributed by atoms with E-state index in [4.69, 9.17) is 11.6 Å². The van der Waals surface area contributed by atoms with Gasteiger partial charge < -0.3 is 0 Å². The molecule has 0 radical (unpaired) electrons. The van der Waals surface area contributed by atoms with Crippen molar-refractivity contribution in [3.05, 3.63) is 55.4 Å². The van der Waals surface area contributed by atoms with E-state index < -0.39 is 0 Å². The summed E-state index contributed by atoms with van der Waals surface area (Å²) < 4.78 is 1.87. The van der Waals surface area contributed by atoms with Gasteiger partial charge in [0, 0.05) is 5.02 Å². The average Bonchev–Trinajstić information content (AvgIpc) is 2.31. The lowest BCUT2D eigenvalue weighted by Gasteiger charge is -2.09. The van der Waals surface area contributed by atoms with Gasteiger partial charge in [-0.3, -0.25) is 4.79 Å². The Hall–Kier alpha value is -1.13. The van der Waals surface area contributed by atoms with E-state index in [0.717, 1.165) is 11.1 Å². The number of hydrogen-bond acceptors (Lipinski definition) is 2. The average molecular weight is 314 g/mol. The molecule has 0 atom stereocenters. The molecule has 88 valence electrons. The Morgan fingerprint density at radius 3 is 2.76 bits per heavy atom. The highest BCUT2D eigenvalue weighted by Gasteiger charge is 2.10. The quantitative estimate of drug-likeness (QED) is 0.810. The molecule has 3 nitrogen and oxygen atoms in total. The Morgan fingerprint density at radius 1 is 1.35 bits per heavy atom. The van der Waals surface area contributed by atoms with Gasteiger partial charge in [0.2, 0.25) is 0 Å². The topological polar surface area (TPSA) is 34.9 Å². The molecule has 0 bridgehead atoms. The first-order valence-corrected chi connectivity index (χ1v) is 6.19. The van der Waals surface area contributed by atoms with Crippen molar-refractivity contribution in [1.29, 1.82) is 0 Å². The number of aromatic nitrogens is 2. The van der Waals surface area contributed by atoms with Gasteiger partial charge in [0.25, 0.3) is 5.56 Å². The largest absolute Gasteiger partial charge is 0.286 e. The second-order valence-electron chi connectivity index (χ2n) is 3.74. The number of rotatable bonds is 1. The standard InChI is InChI=1S/C12H10BrClN2O/c1-7-6-15-16(12(17)11(7)13)10-5-3-4-9(14)8(10)2/h3-6H,1-2H3. The zero-order chi connectivity index (χ0) is 12.6. The van der Waals surface area contributed by atoms with E-state index in [2.05, 4.69) is 21.0 Å². The first-order valence-electron chi connectivity index (χ1n) is 5.02. The highest BCUT2D eigenvalue weighted by Crippen LogP contribution is 2.21. The third kappa shape index (κ3) is 2.15. The molecule has 5 heteroatoms. The summed E-state index contributed by atoms with van der Waals surface area (Å²) in [4.78, 5) is 12.1. The first-order chi connectivity index (χ1) is 8.02. The van der Waals surface area contributed by atoms with Crippen LogP contribution in [0.1, 0.15) is 11.1 Å². The molecule has 1 aromatic heterocycles. The second-order valence-corrected chi connectivity index (χ2v) is 4.94. The van der Waals surface area contributed by atoms with Crippen molar-refractivity contribution < 1.29 is 0 Å². The molecule has 0 saturated heterocycles. The van der Waals surface area contributed by atoms with Crippen molar-refractivity contribution in [2.45, 2.75) is 13.8 Å². The molecule has 1 aromatic carbocycles. The van der Waals surface area contributed by atoms with Crippen LogP contribution in [-0.4, -0.2) is 9.78 Å². The van der Waals surface area contributed by atoms with Crippen molar-refractivity contribution in [3.63, 3.8) is 0 Å². The molecule has 0 aliphatic rings. The minimum atomic E-state index is -0.185. The highest BCUT2D eigenvalue weighted by atomic mass is 79.9. The fourth-order valence-corrected chi connectivity index (χ4v) is 1.95. The van der Waals surface area contributed by atoms with E-state index in [1.54, 1.807) is 18.3 Å². The molecule has 2 aromatic rings. The van der Waals surface area contributed by atoms with Crippen molar-refractivity contribution in [2.24, 2.45) is 0 Å². The molecule has 0 spiro atoms. The Morgan fingerprint density at radius 2 is 2.06 bits per heavy atom. The van der Waals surface area contributed by atoms with E-state index in [1.165, 1.54) is 4.68 Å². The van der Waals surface area contributed by atoms with Crippen LogP contribution in [0.25, 0.3) is 5.69 Å². The van der Waals surface area contributed by atoms with Crippen LogP contribution in [0.15, 0.2) is 33.7 Å². The summed E-state index contributed by atoms with van der Waals surface area (Å²) in [6, 6.07) is 5.40. The summed E-state index contributed by atoms with van der Waals surface area (Å²) in [7, 11) is 0. The van der Waals surface area contributed by atoms with Gasteiger partial charge in [-0.2, -0.15) is 9.78 Å². The fraction of sp³-hybridized carbons (Fsp3) is 0.167. The molecule has 0 saturated carbocycles. The Bertz CT molecular complexity index is 637. The third-order valence-electron chi connectivity index (χ3n) is 2.56. The summed E-state index contributed by atoms with van der Waals surface area (Å²) in [6.07, 6.45) is 1.64. The maximum absolute atomic E-state index is 12.1. The molecular formula is C12H10BrClN2O. The second kappa shape index (κ2) is 4.63. The zero-order valence-electron chi connectivity index (χ0n) is 9.37. The van der Waals surface area contributed by atoms with Crippen LogP contribution in [0, 0.1) is 13.8 Å². The normalized spacial score (nSPS) is 10.6. The Kier molecular flexibility index (Phi) is 3.35. The number of halogens is 2. The van der Waals surface area contributed by atoms with Crippen LogP contribution < -0.4 is 5.56 Å². The maximum Gasteiger partial charge on any atom is 0.286 e. The minimum Gasteiger partial charge on any atom is -0.266 e. The molecule has 0 fully saturated rings. The lowest BCUT2D eigenvalue weighted by atomic mass is 10.2. The van der Waals surface area contributed by atoms with Crippen LogP contribution in [0.2, 0.25) is 5.02 Å². The Labute approximate surface area is 112 Å². The Balaban J connectivity index is 2.74. The van der Waals surface area contributed by atoms with Gasteiger partial charge in [0.15, 0.2) is 0 Å². The minimum absolute atomic E-state index is 0.185. The van der Waals surface area contributed by atoms with Crippen LogP contribution in [0.5, 0.6) is 0 Å². The number of nitrogens with zero attached hydrogens (tertiary/aromatic N) is 2. The molecule has 0 unspecified atom stereocenters. The summed E-state index contributed by atoms with van der Waals surface area (Å²) in [5.41, 5.74) is 2.16. The van der Waals surface area contributed by atoms with E-state index >= 15 is 0 Å². The SMILES string of the molecule is Cc1cnn(-c2cccc(Cl)c2C)c(=O)c1Br. The molecule has 0 aliphatic carbocycles. The zero-order valence-corrected chi connectivity index (χ0v) is 11.7. The number of benzene rings is 1. The van der Waals surface area contributed by atoms with Gasteiger partial charge in [-0.25, -0.2) is 0 Å². The smallest absolute Gasteiger partial charge is 0.266 e. The molecular weight excluding hydrogens is 304 g/mol. The maximum atomic E-state index is 12.1. The van der Waals surface area contributed by atoms with Crippen LogP contribution in [-0.2, 0) is 0 Å². The van der Waals surface area contributed by atoms with E-state index in [-0.39, 0.29) is 5.56 Å².